The third-order valence-corrected chi connectivity index (χ3v) is 6.01. The first kappa shape index (κ1) is 18.8. The van der Waals surface area contributed by atoms with Crippen molar-refractivity contribution in [3.05, 3.63) is 30.3 Å². The zero-order valence-electron chi connectivity index (χ0n) is 15.1. The van der Waals surface area contributed by atoms with Crippen LogP contribution >= 0.6 is 11.8 Å². The lowest BCUT2D eigenvalue weighted by molar-refractivity contribution is -0.124. The van der Waals surface area contributed by atoms with Crippen LogP contribution in [0.25, 0.3) is 0 Å². The number of nitrogens with two attached hydrogens (primary N) is 1. The molecule has 1 aromatic rings. The summed E-state index contributed by atoms with van der Waals surface area (Å²) in [7, 11) is 0. The number of hydrogen-bond donors (Lipinski definition) is 1. The monoisotopic (exact) mass is 374 g/mol. The Morgan fingerprint density at radius 2 is 2.04 bits per heavy atom. The molecule has 0 spiro atoms. The van der Waals surface area contributed by atoms with Crippen molar-refractivity contribution in [2.45, 2.75) is 43.9 Å². The van der Waals surface area contributed by atoms with Crippen molar-refractivity contribution in [2.24, 2.45) is 10.8 Å². The largest absolute Gasteiger partial charge is 0.368 e. The maximum absolute atomic E-state index is 13.1. The third-order valence-electron chi connectivity index (χ3n) is 4.82. The van der Waals surface area contributed by atoms with Gasteiger partial charge < -0.3 is 10.6 Å². The van der Waals surface area contributed by atoms with Crippen LogP contribution < -0.4 is 10.7 Å². The fraction of sp³-hybridized carbons (Fsp3) is 0.526. The first-order valence-electron chi connectivity index (χ1n) is 9.22. The number of rotatable bonds is 5. The summed E-state index contributed by atoms with van der Waals surface area (Å²) < 4.78 is 0. The van der Waals surface area contributed by atoms with E-state index in [0.717, 1.165) is 43.8 Å². The molecule has 140 valence electrons. The molecular weight excluding hydrogens is 348 g/mol. The highest BCUT2D eigenvalue weighted by Gasteiger charge is 2.37. The quantitative estimate of drug-likeness (QED) is 0.857. The molecular formula is C19H26N4O2S. The van der Waals surface area contributed by atoms with Gasteiger partial charge in [-0.2, -0.15) is 16.9 Å². The Morgan fingerprint density at radius 1 is 1.27 bits per heavy atom. The Labute approximate surface area is 158 Å². The zero-order chi connectivity index (χ0) is 18.5. The van der Waals surface area contributed by atoms with Gasteiger partial charge in [-0.25, -0.2) is 0 Å². The van der Waals surface area contributed by atoms with Crippen LogP contribution in [-0.4, -0.2) is 52.6 Å². The molecule has 0 aliphatic carbocycles. The molecule has 3 rings (SSSR count). The molecule has 6 nitrogen and oxygen atoms in total. The second-order valence-corrected chi connectivity index (χ2v) is 8.25. The number of likely N-dealkylation sites (tertiary alicyclic amines) is 1. The van der Waals surface area contributed by atoms with Gasteiger partial charge >= 0.3 is 0 Å². The van der Waals surface area contributed by atoms with Gasteiger partial charge in [-0.1, -0.05) is 31.5 Å². The van der Waals surface area contributed by atoms with Gasteiger partial charge in [0.05, 0.1) is 5.69 Å². The molecule has 2 amide bonds. The normalized spacial score (nSPS) is 23.5. The van der Waals surface area contributed by atoms with Crippen LogP contribution in [0.2, 0.25) is 0 Å². The number of amides is 2. The number of benzene rings is 1. The third kappa shape index (κ3) is 4.20. The number of primary amides is 1. The molecule has 26 heavy (non-hydrogen) atoms. The van der Waals surface area contributed by atoms with Gasteiger partial charge in [-0.3, -0.25) is 14.6 Å². The van der Waals surface area contributed by atoms with Crippen LogP contribution in [0.3, 0.4) is 0 Å². The molecule has 0 aromatic heterocycles. The van der Waals surface area contributed by atoms with E-state index >= 15 is 0 Å². The van der Waals surface area contributed by atoms with Crippen molar-refractivity contribution in [1.82, 2.24) is 4.90 Å². The van der Waals surface area contributed by atoms with Gasteiger partial charge in [-0.05, 0) is 30.7 Å². The number of para-hydroxylation sites is 1. The molecule has 1 aromatic carbocycles. The van der Waals surface area contributed by atoms with Gasteiger partial charge in [-0.15, -0.1) is 0 Å². The molecule has 0 bridgehead atoms. The number of hydrogen-bond acceptors (Lipinski definition) is 5. The lowest BCUT2D eigenvalue weighted by atomic mass is 10.1. The summed E-state index contributed by atoms with van der Waals surface area (Å²) in [5.41, 5.74) is 6.77. The Kier molecular flexibility index (Phi) is 6.19. The fourth-order valence-corrected chi connectivity index (χ4v) is 4.61. The number of nitrogens with zero attached hydrogens (tertiary/aromatic N) is 3. The zero-order valence-corrected chi connectivity index (χ0v) is 16.0. The minimum Gasteiger partial charge on any atom is -0.368 e. The number of anilines is 1. The van der Waals surface area contributed by atoms with Crippen LogP contribution in [0.15, 0.2) is 35.4 Å². The molecule has 2 heterocycles. The number of hydrazone groups is 1. The SMILES string of the molecule is CCS[C@@H]1CCCCN(C(=O)C2=NN(c3ccccc3)[C@@H](C(N)=O)C2)C1. The molecule has 2 aliphatic heterocycles. The van der Waals surface area contributed by atoms with Gasteiger partial charge in [0.1, 0.15) is 11.8 Å². The summed E-state index contributed by atoms with van der Waals surface area (Å²) in [5.74, 6) is 0.535. The minimum absolute atomic E-state index is 0.0571. The molecule has 1 fully saturated rings. The van der Waals surface area contributed by atoms with E-state index in [-0.39, 0.29) is 12.3 Å². The Morgan fingerprint density at radius 3 is 2.73 bits per heavy atom. The van der Waals surface area contributed by atoms with E-state index < -0.39 is 11.9 Å². The smallest absolute Gasteiger partial charge is 0.270 e. The van der Waals surface area contributed by atoms with E-state index in [1.54, 1.807) is 5.01 Å². The molecule has 2 aliphatic rings. The molecule has 7 heteroatoms. The number of carbonyl (C=O) groups is 2. The summed E-state index contributed by atoms with van der Waals surface area (Å²) in [6.45, 7) is 3.66. The number of thioether (sulfide) groups is 1. The van der Waals surface area contributed by atoms with E-state index in [0.29, 0.717) is 11.0 Å². The van der Waals surface area contributed by atoms with E-state index in [1.165, 1.54) is 0 Å². The van der Waals surface area contributed by atoms with Gasteiger partial charge in [0.2, 0.25) is 5.91 Å². The topological polar surface area (TPSA) is 79.0 Å². The van der Waals surface area contributed by atoms with Crippen molar-refractivity contribution in [3.63, 3.8) is 0 Å². The highest BCUT2D eigenvalue weighted by Crippen LogP contribution is 2.26. The van der Waals surface area contributed by atoms with Crippen LogP contribution in [0.4, 0.5) is 5.69 Å². The van der Waals surface area contributed by atoms with E-state index in [1.807, 2.05) is 47.0 Å². The molecule has 1 saturated heterocycles. The summed E-state index contributed by atoms with van der Waals surface area (Å²) in [6, 6.07) is 8.79. The summed E-state index contributed by atoms with van der Waals surface area (Å²) >= 11 is 1.91. The molecule has 2 N–H and O–H groups in total. The van der Waals surface area contributed by atoms with Gasteiger partial charge in [0.15, 0.2) is 0 Å². The Hall–Kier alpha value is -2.02. The van der Waals surface area contributed by atoms with Gasteiger partial charge in [0, 0.05) is 24.8 Å². The molecule has 2 atom stereocenters. The minimum atomic E-state index is -0.607. The second-order valence-electron chi connectivity index (χ2n) is 6.67. The van der Waals surface area contributed by atoms with Crippen molar-refractivity contribution in [1.29, 1.82) is 0 Å². The maximum Gasteiger partial charge on any atom is 0.270 e. The summed E-state index contributed by atoms with van der Waals surface area (Å²) in [6.07, 6.45) is 3.58. The van der Waals surface area contributed by atoms with Crippen LogP contribution in [-0.2, 0) is 9.59 Å². The summed E-state index contributed by atoms with van der Waals surface area (Å²) in [4.78, 5) is 26.9. The van der Waals surface area contributed by atoms with Gasteiger partial charge in [0.25, 0.3) is 5.91 Å². The van der Waals surface area contributed by atoms with Crippen LogP contribution in [0, 0.1) is 0 Å². The Balaban J connectivity index is 1.79. The standard InChI is InChI=1S/C19H26N4O2S/c1-2-26-15-10-6-7-11-22(13-15)19(25)16-12-17(18(20)24)23(21-16)14-8-4-3-5-9-14/h3-5,8-9,15,17H,2,6-7,10-13H2,1H3,(H2,20,24)/t15-,17-/m1/s1. The van der Waals surface area contributed by atoms with Crippen molar-refractivity contribution >= 4 is 35.0 Å². The lowest BCUT2D eigenvalue weighted by Crippen LogP contribution is -2.41. The summed E-state index contributed by atoms with van der Waals surface area (Å²) in [5, 5.41) is 6.56. The molecule has 0 saturated carbocycles. The first-order chi connectivity index (χ1) is 12.6. The van der Waals surface area contributed by atoms with E-state index in [4.69, 9.17) is 5.73 Å². The predicted octanol–water partition coefficient (Wildman–Crippen LogP) is 2.24. The average molecular weight is 375 g/mol. The van der Waals surface area contributed by atoms with Crippen molar-refractivity contribution in [2.75, 3.05) is 23.9 Å². The van der Waals surface area contributed by atoms with Crippen LogP contribution in [0.5, 0.6) is 0 Å². The van der Waals surface area contributed by atoms with Crippen LogP contribution in [0.1, 0.15) is 32.6 Å². The van der Waals surface area contributed by atoms with E-state index in [2.05, 4.69) is 12.0 Å². The van der Waals surface area contributed by atoms with Crippen molar-refractivity contribution < 1.29 is 9.59 Å². The van der Waals surface area contributed by atoms with E-state index in [9.17, 15) is 9.59 Å². The van der Waals surface area contributed by atoms with Crippen molar-refractivity contribution in [3.8, 4) is 0 Å². The fourth-order valence-electron chi connectivity index (χ4n) is 3.52. The highest BCUT2D eigenvalue weighted by atomic mass is 32.2. The predicted molar refractivity (Wildman–Crippen MR) is 106 cm³/mol. The first-order valence-corrected chi connectivity index (χ1v) is 10.3. The maximum atomic E-state index is 13.1. The number of carbonyl (C=O) groups excluding carboxylic acids is 2. The Bertz CT molecular complexity index is 679. The average Bonchev–Trinajstić information content (AvgIpc) is 2.97. The second kappa shape index (κ2) is 8.58. The molecule has 0 radical (unpaired) electrons. The molecule has 0 unspecified atom stereocenters. The highest BCUT2D eigenvalue weighted by molar-refractivity contribution is 7.99. The lowest BCUT2D eigenvalue weighted by Gasteiger charge is -2.23.